The summed E-state index contributed by atoms with van der Waals surface area (Å²) < 4.78 is 0. The van der Waals surface area contributed by atoms with Gasteiger partial charge in [0, 0.05) is 26.3 Å². The van der Waals surface area contributed by atoms with Gasteiger partial charge in [-0.1, -0.05) is 0 Å². The number of nitrogens with zero attached hydrogens (tertiary/aromatic N) is 2. The predicted molar refractivity (Wildman–Crippen MR) is 59.7 cm³/mol. The molecule has 1 saturated heterocycles. The van der Waals surface area contributed by atoms with Crippen LogP contribution in [-0.4, -0.2) is 42.0 Å². The van der Waals surface area contributed by atoms with Crippen molar-refractivity contribution < 1.29 is 14.7 Å². The van der Waals surface area contributed by atoms with Crippen LogP contribution in [0.25, 0.3) is 0 Å². The number of rotatable bonds is 3. The molecule has 92 valence electrons. The molecular formula is C11H15N3O3. The lowest BCUT2D eigenvalue weighted by Crippen LogP contribution is -2.40. The zero-order chi connectivity index (χ0) is 12.8. The number of amides is 1. The third-order valence-corrected chi connectivity index (χ3v) is 2.77. The van der Waals surface area contributed by atoms with Crippen molar-refractivity contribution in [2.45, 2.75) is 12.8 Å². The van der Waals surface area contributed by atoms with E-state index in [4.69, 9.17) is 10.4 Å². The Hall–Kier alpha value is -2.03. The molecule has 6 heteroatoms. The number of nitrogens with one attached hydrogen (secondary N) is 1. The van der Waals surface area contributed by atoms with Gasteiger partial charge in [0.1, 0.15) is 11.6 Å². The van der Waals surface area contributed by atoms with Crippen molar-refractivity contribution in [3.8, 4) is 6.07 Å². The Balaban J connectivity index is 2.60. The van der Waals surface area contributed by atoms with Gasteiger partial charge in [0.2, 0.25) is 0 Å². The number of carbonyl (C=O) groups excluding carboxylic acids is 1. The van der Waals surface area contributed by atoms with Crippen molar-refractivity contribution >= 4 is 11.9 Å². The number of piperidine rings is 1. The minimum atomic E-state index is -0.816. The molecule has 0 atom stereocenters. The average Bonchev–Trinajstić information content (AvgIpc) is 2.35. The first-order valence-corrected chi connectivity index (χ1v) is 5.39. The van der Waals surface area contributed by atoms with Gasteiger partial charge < -0.3 is 15.3 Å². The highest BCUT2D eigenvalue weighted by molar-refractivity contribution is 5.97. The van der Waals surface area contributed by atoms with Gasteiger partial charge in [-0.15, -0.1) is 0 Å². The number of aliphatic carboxylic acids is 1. The smallest absolute Gasteiger partial charge is 0.306 e. The maximum Gasteiger partial charge on any atom is 0.306 e. The normalized spacial score (nSPS) is 17.4. The van der Waals surface area contributed by atoms with Gasteiger partial charge in [-0.05, 0) is 12.8 Å². The fraction of sp³-hybridized carbons (Fsp3) is 0.545. The first-order valence-electron chi connectivity index (χ1n) is 5.39. The van der Waals surface area contributed by atoms with Gasteiger partial charge in [-0.3, -0.25) is 9.59 Å². The van der Waals surface area contributed by atoms with E-state index in [0.717, 1.165) is 0 Å². The summed E-state index contributed by atoms with van der Waals surface area (Å²) in [5.41, 5.74) is 0.0428. The molecule has 2 N–H and O–H groups in total. The maximum atomic E-state index is 11.8. The molecule has 1 heterocycles. The zero-order valence-electron chi connectivity index (χ0n) is 9.64. The molecule has 0 spiro atoms. The molecule has 1 fully saturated rings. The largest absolute Gasteiger partial charge is 0.481 e. The number of nitriles is 1. The molecule has 1 aliphatic heterocycles. The van der Waals surface area contributed by atoms with E-state index in [0.29, 0.717) is 25.9 Å². The number of carboxylic acid groups (broad SMARTS) is 1. The summed E-state index contributed by atoms with van der Waals surface area (Å²) in [6.07, 6.45) is 2.24. The van der Waals surface area contributed by atoms with E-state index < -0.39 is 5.97 Å². The van der Waals surface area contributed by atoms with Gasteiger partial charge in [-0.2, -0.15) is 5.26 Å². The Bertz CT molecular complexity index is 376. The van der Waals surface area contributed by atoms with E-state index in [1.807, 2.05) is 6.07 Å². The lowest BCUT2D eigenvalue weighted by molar-refractivity contribution is -0.145. The summed E-state index contributed by atoms with van der Waals surface area (Å²) in [5, 5.41) is 20.3. The van der Waals surface area contributed by atoms with Crippen LogP contribution in [0.4, 0.5) is 0 Å². The number of carboxylic acids is 1. The lowest BCUT2D eigenvalue weighted by Gasteiger charge is -2.29. The van der Waals surface area contributed by atoms with E-state index in [1.165, 1.54) is 11.1 Å². The molecule has 1 amide bonds. The van der Waals surface area contributed by atoms with E-state index in [2.05, 4.69) is 5.32 Å². The number of hydrogen-bond acceptors (Lipinski definition) is 4. The molecule has 0 aliphatic carbocycles. The van der Waals surface area contributed by atoms with Crippen molar-refractivity contribution in [1.29, 1.82) is 5.26 Å². The quantitative estimate of drug-likeness (QED) is 0.529. The van der Waals surface area contributed by atoms with Gasteiger partial charge in [0.05, 0.1) is 5.92 Å². The van der Waals surface area contributed by atoms with Crippen LogP contribution >= 0.6 is 0 Å². The highest BCUT2D eigenvalue weighted by atomic mass is 16.4. The standard InChI is InChI=1S/C11H15N3O3/c1-13-7-9(6-12)10(15)14-4-2-8(3-5-14)11(16)17/h7-8,13H,2-5H2,1H3,(H,16,17)/b9-7-. The van der Waals surface area contributed by atoms with E-state index in [9.17, 15) is 9.59 Å². The van der Waals surface area contributed by atoms with Gasteiger partial charge in [0.25, 0.3) is 5.91 Å². The van der Waals surface area contributed by atoms with Crippen molar-refractivity contribution in [3.05, 3.63) is 11.8 Å². The molecule has 0 radical (unpaired) electrons. The molecule has 0 aromatic heterocycles. The van der Waals surface area contributed by atoms with Crippen LogP contribution in [0, 0.1) is 17.2 Å². The second-order valence-corrected chi connectivity index (χ2v) is 3.86. The molecule has 0 saturated carbocycles. The van der Waals surface area contributed by atoms with Crippen LogP contribution in [0.5, 0.6) is 0 Å². The average molecular weight is 237 g/mol. The van der Waals surface area contributed by atoms with Crippen molar-refractivity contribution in [1.82, 2.24) is 10.2 Å². The predicted octanol–water partition coefficient (Wildman–Crippen LogP) is -0.0635. The fourth-order valence-corrected chi connectivity index (χ4v) is 1.79. The van der Waals surface area contributed by atoms with Crippen molar-refractivity contribution in [2.24, 2.45) is 5.92 Å². The Morgan fingerprint density at radius 3 is 2.47 bits per heavy atom. The van der Waals surface area contributed by atoms with Gasteiger partial charge >= 0.3 is 5.97 Å². The first-order chi connectivity index (χ1) is 8.10. The summed E-state index contributed by atoms with van der Waals surface area (Å²) in [7, 11) is 1.61. The van der Waals surface area contributed by atoms with Crippen LogP contribution in [0.15, 0.2) is 11.8 Å². The van der Waals surface area contributed by atoms with Gasteiger partial charge in [0.15, 0.2) is 0 Å². The second-order valence-electron chi connectivity index (χ2n) is 3.86. The molecule has 0 aromatic rings. The molecular weight excluding hydrogens is 222 g/mol. The third kappa shape index (κ3) is 3.21. The van der Waals surface area contributed by atoms with Crippen LogP contribution < -0.4 is 5.32 Å². The number of hydrogen-bond donors (Lipinski definition) is 2. The van der Waals surface area contributed by atoms with Crippen LogP contribution in [0.1, 0.15) is 12.8 Å². The topological polar surface area (TPSA) is 93.4 Å². The second kappa shape index (κ2) is 5.89. The first kappa shape index (κ1) is 13.0. The van der Waals surface area contributed by atoms with Crippen molar-refractivity contribution in [2.75, 3.05) is 20.1 Å². The zero-order valence-corrected chi connectivity index (χ0v) is 9.64. The Labute approximate surface area is 99.5 Å². The molecule has 1 aliphatic rings. The van der Waals surface area contributed by atoms with Gasteiger partial charge in [-0.25, -0.2) is 0 Å². The van der Waals surface area contributed by atoms with Crippen LogP contribution in [-0.2, 0) is 9.59 Å². The molecule has 6 nitrogen and oxygen atoms in total. The lowest BCUT2D eigenvalue weighted by atomic mass is 9.97. The Morgan fingerprint density at radius 2 is 2.06 bits per heavy atom. The van der Waals surface area contributed by atoms with Crippen LogP contribution in [0.3, 0.4) is 0 Å². The summed E-state index contributed by atoms with van der Waals surface area (Å²) in [6.45, 7) is 0.775. The monoisotopic (exact) mass is 237 g/mol. The minimum absolute atomic E-state index is 0.0428. The van der Waals surface area contributed by atoms with E-state index in [1.54, 1.807) is 7.05 Å². The summed E-state index contributed by atoms with van der Waals surface area (Å²) >= 11 is 0. The SMILES string of the molecule is CN/C=C(/C#N)C(=O)N1CCC(C(=O)O)CC1. The maximum absolute atomic E-state index is 11.8. The molecule has 17 heavy (non-hydrogen) atoms. The highest BCUT2D eigenvalue weighted by Crippen LogP contribution is 2.18. The fourth-order valence-electron chi connectivity index (χ4n) is 1.79. The third-order valence-electron chi connectivity index (χ3n) is 2.77. The van der Waals surface area contributed by atoms with Crippen molar-refractivity contribution in [3.63, 3.8) is 0 Å². The molecule has 0 aromatic carbocycles. The highest BCUT2D eigenvalue weighted by Gasteiger charge is 2.28. The number of carbonyl (C=O) groups is 2. The molecule has 0 bridgehead atoms. The molecule has 1 rings (SSSR count). The van der Waals surface area contributed by atoms with E-state index >= 15 is 0 Å². The van der Waals surface area contributed by atoms with Crippen LogP contribution in [0.2, 0.25) is 0 Å². The molecule has 0 unspecified atom stereocenters. The summed E-state index contributed by atoms with van der Waals surface area (Å²) in [4.78, 5) is 24.1. The Morgan fingerprint density at radius 1 is 1.47 bits per heavy atom. The number of likely N-dealkylation sites (tertiary alicyclic amines) is 1. The minimum Gasteiger partial charge on any atom is -0.481 e. The Kier molecular flexibility index (Phi) is 4.52. The van der Waals surface area contributed by atoms with E-state index in [-0.39, 0.29) is 17.4 Å². The summed E-state index contributed by atoms with van der Waals surface area (Å²) in [6, 6.07) is 1.83. The summed E-state index contributed by atoms with van der Waals surface area (Å²) in [5.74, 6) is -1.54.